The van der Waals surface area contributed by atoms with E-state index in [-0.39, 0.29) is 5.41 Å². The first-order valence-electron chi connectivity index (χ1n) is 9.51. The van der Waals surface area contributed by atoms with Gasteiger partial charge in [0.1, 0.15) is 20.4 Å². The second-order valence-electron chi connectivity index (χ2n) is 8.85. The monoisotopic (exact) mass is 396 g/mol. The van der Waals surface area contributed by atoms with Crippen LogP contribution in [0.1, 0.15) is 37.5 Å². The van der Waals surface area contributed by atoms with Crippen molar-refractivity contribution >= 4 is 30.9 Å². The highest BCUT2D eigenvalue weighted by Gasteiger charge is 2.36. The van der Waals surface area contributed by atoms with Crippen molar-refractivity contribution in [1.29, 1.82) is 0 Å². The Labute approximate surface area is 169 Å². The first kappa shape index (κ1) is 20.0. The minimum atomic E-state index is -1.96. The molecule has 1 nitrogen and oxygen atoms in total. The van der Waals surface area contributed by atoms with Gasteiger partial charge in [-0.3, -0.25) is 0 Å². The van der Waals surface area contributed by atoms with Crippen LogP contribution >= 0.6 is 11.6 Å². The van der Waals surface area contributed by atoms with E-state index in [2.05, 4.69) is 82.9 Å². The number of ether oxygens (including phenoxy) is 1. The van der Waals surface area contributed by atoms with Gasteiger partial charge in [-0.2, -0.15) is 0 Å². The molecule has 0 amide bonds. The minimum Gasteiger partial charge on any atom is -0.489 e. The van der Waals surface area contributed by atoms with Gasteiger partial charge in [0.2, 0.25) is 0 Å². The van der Waals surface area contributed by atoms with E-state index in [0.717, 1.165) is 17.2 Å². The summed E-state index contributed by atoms with van der Waals surface area (Å²) in [5.41, 5.74) is 3.89. The lowest BCUT2D eigenvalue weighted by Gasteiger charge is -2.32. The van der Waals surface area contributed by atoms with Crippen LogP contribution in [0.5, 0.6) is 5.75 Å². The molecular formula is C24H29ClOSi. The van der Waals surface area contributed by atoms with Crippen LogP contribution in [0.4, 0.5) is 0 Å². The quantitative estimate of drug-likeness (QED) is 0.425. The van der Waals surface area contributed by atoms with Crippen LogP contribution in [0.3, 0.4) is 0 Å². The van der Waals surface area contributed by atoms with E-state index in [1.165, 1.54) is 27.1 Å². The Kier molecular flexibility index (Phi) is 5.42. The lowest BCUT2D eigenvalue weighted by molar-refractivity contribution is 0.354. The number of rotatable bonds is 5. The molecule has 0 fully saturated rings. The van der Waals surface area contributed by atoms with E-state index < -0.39 is 8.07 Å². The summed E-state index contributed by atoms with van der Waals surface area (Å²) in [7, 11) is -1.96. The summed E-state index contributed by atoms with van der Waals surface area (Å²) in [6.45, 7) is 15.8. The zero-order chi connectivity index (χ0) is 19.8. The van der Waals surface area contributed by atoms with Crippen LogP contribution in [-0.2, 0) is 11.8 Å². The first-order valence-corrected chi connectivity index (χ1v) is 12.9. The van der Waals surface area contributed by atoms with Crippen molar-refractivity contribution in [2.45, 2.75) is 45.7 Å². The second kappa shape index (κ2) is 7.33. The third-order valence-corrected chi connectivity index (χ3v) is 9.31. The molecule has 0 saturated heterocycles. The normalized spacial score (nSPS) is 13.9. The fourth-order valence-electron chi connectivity index (χ4n) is 3.77. The van der Waals surface area contributed by atoms with Gasteiger partial charge in [0.15, 0.2) is 0 Å². The van der Waals surface area contributed by atoms with Gasteiger partial charge in [-0.05, 0) is 40.3 Å². The van der Waals surface area contributed by atoms with Crippen LogP contribution in [0, 0.1) is 0 Å². The lowest BCUT2D eigenvalue weighted by Crippen LogP contribution is -2.45. The molecule has 2 aromatic rings. The Bertz CT molecular complexity index is 903. The highest BCUT2D eigenvalue weighted by molar-refractivity contribution is 6.97. The Morgan fingerprint density at radius 2 is 1.89 bits per heavy atom. The van der Waals surface area contributed by atoms with Crippen molar-refractivity contribution in [1.82, 2.24) is 0 Å². The fraction of sp³-hybridized carbons (Fsp3) is 0.333. The van der Waals surface area contributed by atoms with Crippen molar-refractivity contribution in [3.05, 3.63) is 76.0 Å². The zero-order valence-electron chi connectivity index (χ0n) is 17.0. The van der Waals surface area contributed by atoms with Gasteiger partial charge < -0.3 is 4.74 Å². The molecule has 0 saturated carbocycles. The molecule has 0 unspecified atom stereocenters. The van der Waals surface area contributed by atoms with Gasteiger partial charge in [-0.1, -0.05) is 93.7 Å². The maximum atomic E-state index is 6.59. The molecule has 2 aromatic carbocycles. The Balaban J connectivity index is 2.15. The van der Waals surface area contributed by atoms with Gasteiger partial charge in [0.25, 0.3) is 0 Å². The SMILES string of the molecule is C=CCOc1c(C(C)(C)C)cc(Cl)cc1[Si](C)(C)C1=Cc2ccccc2C1. The standard InChI is InChI=1S/C24H29ClOSi/c1-7-12-26-23-21(24(2,3)4)15-19(25)16-22(23)27(5,6)20-13-17-10-8-9-11-18(17)14-20/h7-11,13,15-16H,1,12,14H2,2-6H3. The lowest BCUT2D eigenvalue weighted by atomic mass is 9.86. The van der Waals surface area contributed by atoms with E-state index >= 15 is 0 Å². The van der Waals surface area contributed by atoms with Gasteiger partial charge in [0, 0.05) is 10.6 Å². The van der Waals surface area contributed by atoms with Crippen LogP contribution in [0.2, 0.25) is 18.1 Å². The van der Waals surface area contributed by atoms with E-state index in [0.29, 0.717) is 6.61 Å². The summed E-state index contributed by atoms with van der Waals surface area (Å²) in [6.07, 6.45) is 5.22. The summed E-state index contributed by atoms with van der Waals surface area (Å²) in [6, 6.07) is 12.9. The summed E-state index contributed by atoms with van der Waals surface area (Å²) >= 11 is 6.59. The molecule has 0 aliphatic heterocycles. The first-order chi connectivity index (χ1) is 12.6. The number of hydrogen-bond donors (Lipinski definition) is 0. The third kappa shape index (κ3) is 3.92. The maximum Gasteiger partial charge on any atom is 0.123 e. The number of fused-ring (bicyclic) bond motifs is 1. The zero-order valence-corrected chi connectivity index (χ0v) is 18.8. The predicted octanol–water partition coefficient (Wildman–Crippen LogP) is 6.30. The molecule has 3 rings (SSSR count). The van der Waals surface area contributed by atoms with Gasteiger partial charge in [-0.25, -0.2) is 0 Å². The Morgan fingerprint density at radius 3 is 2.52 bits per heavy atom. The van der Waals surface area contributed by atoms with Crippen molar-refractivity contribution in [2.75, 3.05) is 6.61 Å². The topological polar surface area (TPSA) is 9.23 Å². The highest BCUT2D eigenvalue weighted by atomic mass is 35.5. The molecule has 27 heavy (non-hydrogen) atoms. The number of halogens is 1. The summed E-state index contributed by atoms with van der Waals surface area (Å²) in [4.78, 5) is 0. The van der Waals surface area contributed by atoms with Crippen LogP contribution in [0.25, 0.3) is 6.08 Å². The summed E-state index contributed by atoms with van der Waals surface area (Å²) in [5.74, 6) is 1.00. The molecule has 0 spiro atoms. The van der Waals surface area contributed by atoms with Crippen molar-refractivity contribution in [2.24, 2.45) is 0 Å². The van der Waals surface area contributed by atoms with E-state index in [4.69, 9.17) is 16.3 Å². The Morgan fingerprint density at radius 1 is 1.19 bits per heavy atom. The van der Waals surface area contributed by atoms with Crippen LogP contribution < -0.4 is 9.92 Å². The van der Waals surface area contributed by atoms with Crippen LogP contribution in [0.15, 0.2) is 54.2 Å². The van der Waals surface area contributed by atoms with Crippen molar-refractivity contribution in [3.8, 4) is 5.75 Å². The fourth-order valence-corrected chi connectivity index (χ4v) is 6.86. The van der Waals surface area contributed by atoms with E-state index in [9.17, 15) is 0 Å². The molecule has 0 bridgehead atoms. The molecule has 1 aliphatic rings. The molecular weight excluding hydrogens is 368 g/mol. The van der Waals surface area contributed by atoms with E-state index in [1.807, 2.05) is 6.08 Å². The maximum absolute atomic E-state index is 6.59. The molecule has 0 heterocycles. The Hall–Kier alpha value is -1.77. The molecule has 0 aromatic heterocycles. The molecule has 142 valence electrons. The summed E-state index contributed by atoms with van der Waals surface area (Å²) < 4.78 is 6.25. The number of hydrogen-bond acceptors (Lipinski definition) is 1. The summed E-state index contributed by atoms with van der Waals surface area (Å²) in [5, 5.41) is 3.59. The number of allylic oxidation sites excluding steroid dienone is 1. The minimum absolute atomic E-state index is 0.0480. The van der Waals surface area contributed by atoms with Gasteiger partial charge in [0.05, 0.1) is 0 Å². The average Bonchev–Trinajstić information content (AvgIpc) is 3.04. The molecule has 3 heteroatoms. The largest absolute Gasteiger partial charge is 0.489 e. The average molecular weight is 397 g/mol. The highest BCUT2D eigenvalue weighted by Crippen LogP contribution is 2.37. The molecule has 0 N–H and O–H groups in total. The molecule has 0 atom stereocenters. The van der Waals surface area contributed by atoms with Crippen molar-refractivity contribution < 1.29 is 4.74 Å². The number of benzene rings is 2. The predicted molar refractivity (Wildman–Crippen MR) is 121 cm³/mol. The smallest absolute Gasteiger partial charge is 0.123 e. The van der Waals surface area contributed by atoms with E-state index in [1.54, 1.807) is 0 Å². The third-order valence-electron chi connectivity index (χ3n) is 5.45. The van der Waals surface area contributed by atoms with Crippen LogP contribution in [-0.4, -0.2) is 14.7 Å². The molecule has 0 radical (unpaired) electrons. The van der Waals surface area contributed by atoms with Gasteiger partial charge in [-0.15, -0.1) is 0 Å². The van der Waals surface area contributed by atoms with Crippen molar-refractivity contribution in [3.63, 3.8) is 0 Å². The van der Waals surface area contributed by atoms with Gasteiger partial charge >= 0.3 is 0 Å². The molecule has 1 aliphatic carbocycles. The second-order valence-corrected chi connectivity index (χ2v) is 13.7.